The van der Waals surface area contributed by atoms with Crippen molar-refractivity contribution >= 4 is 40.0 Å². The summed E-state index contributed by atoms with van der Waals surface area (Å²) in [6.45, 7) is 4.51. The monoisotopic (exact) mass is 416 g/mol. The van der Waals surface area contributed by atoms with Crippen LogP contribution < -0.4 is 5.56 Å². The molecule has 0 N–H and O–H groups in total. The van der Waals surface area contributed by atoms with Crippen LogP contribution in [0, 0.1) is 12.7 Å². The summed E-state index contributed by atoms with van der Waals surface area (Å²) in [6, 6.07) is 10.4. The zero-order valence-electron chi connectivity index (χ0n) is 15.4. The second-order valence-corrected chi connectivity index (χ2v) is 7.93. The van der Waals surface area contributed by atoms with Crippen molar-refractivity contribution in [3.8, 4) is 0 Å². The van der Waals surface area contributed by atoms with Crippen molar-refractivity contribution in [3.63, 3.8) is 0 Å². The number of nitrogens with zero attached hydrogens (tertiary/aromatic N) is 4. The lowest BCUT2D eigenvalue weighted by Gasteiger charge is -2.11. The zero-order valence-corrected chi connectivity index (χ0v) is 17.0. The number of hydrogen-bond acceptors (Lipinski definition) is 4. The molecule has 0 fully saturated rings. The molecule has 0 bridgehead atoms. The summed E-state index contributed by atoms with van der Waals surface area (Å²) in [5.74, 6) is 0.453. The highest BCUT2D eigenvalue weighted by Gasteiger charge is 2.17. The van der Waals surface area contributed by atoms with E-state index in [2.05, 4.69) is 10.2 Å². The second-order valence-electron chi connectivity index (χ2n) is 6.58. The lowest BCUT2D eigenvalue weighted by Crippen LogP contribution is -2.23. The highest BCUT2D eigenvalue weighted by Crippen LogP contribution is 2.29. The number of aromatic nitrogens is 4. The quantitative estimate of drug-likeness (QED) is 0.436. The van der Waals surface area contributed by atoms with E-state index in [0.717, 1.165) is 17.5 Å². The Kier molecular flexibility index (Phi) is 5.12. The third kappa shape index (κ3) is 3.18. The maximum atomic E-state index is 14.1. The molecule has 0 saturated carbocycles. The van der Waals surface area contributed by atoms with Gasteiger partial charge in [-0.1, -0.05) is 48.0 Å². The van der Waals surface area contributed by atoms with Crippen molar-refractivity contribution < 1.29 is 4.39 Å². The lowest BCUT2D eigenvalue weighted by atomic mass is 10.1. The lowest BCUT2D eigenvalue weighted by molar-refractivity contribution is 0.617. The Balaban J connectivity index is 1.88. The fraction of sp³-hybridized carbons (Fsp3) is 0.250. The topological polar surface area (TPSA) is 52.2 Å². The summed E-state index contributed by atoms with van der Waals surface area (Å²) >= 11 is 7.49. The van der Waals surface area contributed by atoms with Gasteiger partial charge < -0.3 is 0 Å². The first kappa shape index (κ1) is 19.0. The Morgan fingerprint density at radius 2 is 2.04 bits per heavy atom. The Morgan fingerprint density at radius 1 is 1.21 bits per heavy atom. The van der Waals surface area contributed by atoms with Crippen LogP contribution in [-0.2, 0) is 12.3 Å². The molecule has 4 rings (SSSR count). The van der Waals surface area contributed by atoms with Crippen molar-refractivity contribution in [1.29, 1.82) is 0 Å². The first-order chi connectivity index (χ1) is 13.5. The maximum Gasteiger partial charge on any atom is 0.262 e. The van der Waals surface area contributed by atoms with E-state index in [1.165, 1.54) is 17.8 Å². The molecule has 0 saturated heterocycles. The largest absolute Gasteiger partial charge is 0.276 e. The van der Waals surface area contributed by atoms with Gasteiger partial charge in [0.2, 0.25) is 5.78 Å². The van der Waals surface area contributed by atoms with Gasteiger partial charge in [0.05, 0.1) is 10.9 Å². The second kappa shape index (κ2) is 7.56. The molecular formula is C20H18ClFN4OS. The van der Waals surface area contributed by atoms with E-state index in [4.69, 9.17) is 11.6 Å². The third-order valence-electron chi connectivity index (χ3n) is 4.58. The summed E-state index contributed by atoms with van der Waals surface area (Å²) in [5.41, 5.74) is 2.10. The van der Waals surface area contributed by atoms with Crippen molar-refractivity contribution in [2.45, 2.75) is 37.7 Å². The number of fused-ring (bicyclic) bond motifs is 3. The molecular weight excluding hydrogens is 399 g/mol. The van der Waals surface area contributed by atoms with Gasteiger partial charge in [-0.25, -0.2) is 4.39 Å². The van der Waals surface area contributed by atoms with Crippen molar-refractivity contribution in [3.05, 3.63) is 68.7 Å². The van der Waals surface area contributed by atoms with E-state index in [1.807, 2.05) is 36.4 Å². The minimum Gasteiger partial charge on any atom is -0.276 e. The molecule has 8 heteroatoms. The summed E-state index contributed by atoms with van der Waals surface area (Å²) in [6.07, 6.45) is 0.799. The highest BCUT2D eigenvalue weighted by atomic mass is 35.5. The van der Waals surface area contributed by atoms with Crippen LogP contribution in [0.5, 0.6) is 0 Å². The van der Waals surface area contributed by atoms with Gasteiger partial charge in [0.15, 0.2) is 5.16 Å². The average molecular weight is 417 g/mol. The SMILES string of the molecule is CCCn1c(=O)c2cc(C)ccc2n2c(SCc3c(F)cccc3Cl)nnc12. The van der Waals surface area contributed by atoms with Crippen molar-refractivity contribution in [2.24, 2.45) is 0 Å². The van der Waals surface area contributed by atoms with Crippen molar-refractivity contribution in [1.82, 2.24) is 19.2 Å². The van der Waals surface area contributed by atoms with Gasteiger partial charge >= 0.3 is 0 Å². The van der Waals surface area contributed by atoms with E-state index in [9.17, 15) is 9.18 Å². The van der Waals surface area contributed by atoms with Crippen LogP contribution in [0.15, 0.2) is 46.3 Å². The number of thioether (sulfide) groups is 1. The predicted molar refractivity (Wildman–Crippen MR) is 111 cm³/mol. The fourth-order valence-electron chi connectivity index (χ4n) is 3.23. The van der Waals surface area contributed by atoms with Gasteiger partial charge in [0, 0.05) is 22.9 Å². The Hall–Kier alpha value is -2.38. The molecule has 5 nitrogen and oxygen atoms in total. The molecule has 0 aliphatic rings. The van der Waals surface area contributed by atoms with Gasteiger partial charge in [-0.3, -0.25) is 13.8 Å². The first-order valence-electron chi connectivity index (χ1n) is 8.95. The molecule has 2 aromatic carbocycles. The molecule has 2 heterocycles. The van der Waals surface area contributed by atoms with Crippen LogP contribution >= 0.6 is 23.4 Å². The zero-order chi connectivity index (χ0) is 19.8. The highest BCUT2D eigenvalue weighted by molar-refractivity contribution is 7.98. The normalized spacial score (nSPS) is 11.6. The number of halogens is 2. The van der Waals surface area contributed by atoms with Crippen LogP contribution in [0.1, 0.15) is 24.5 Å². The molecule has 0 aliphatic carbocycles. The number of rotatable bonds is 5. The van der Waals surface area contributed by atoms with E-state index in [0.29, 0.717) is 39.2 Å². The van der Waals surface area contributed by atoms with E-state index >= 15 is 0 Å². The molecule has 2 aromatic heterocycles. The number of hydrogen-bond donors (Lipinski definition) is 0. The number of benzene rings is 2. The predicted octanol–water partition coefficient (Wildman–Crippen LogP) is 4.85. The Bertz CT molecular complexity index is 1230. The van der Waals surface area contributed by atoms with Gasteiger partial charge in [-0.2, -0.15) is 0 Å². The van der Waals surface area contributed by atoms with Crippen LogP contribution in [0.25, 0.3) is 16.7 Å². The smallest absolute Gasteiger partial charge is 0.262 e. The summed E-state index contributed by atoms with van der Waals surface area (Å²) in [5, 5.41) is 10.1. The van der Waals surface area contributed by atoms with E-state index in [-0.39, 0.29) is 11.4 Å². The van der Waals surface area contributed by atoms with E-state index < -0.39 is 0 Å². The maximum absolute atomic E-state index is 14.1. The van der Waals surface area contributed by atoms with Gasteiger partial charge in [-0.05, 0) is 37.6 Å². The third-order valence-corrected chi connectivity index (χ3v) is 5.89. The van der Waals surface area contributed by atoms with Crippen LogP contribution in [0.4, 0.5) is 4.39 Å². The molecule has 0 radical (unpaired) electrons. The Labute approximate surface area is 170 Å². The minimum atomic E-state index is -0.350. The molecule has 0 amide bonds. The van der Waals surface area contributed by atoms with Crippen LogP contribution in [-0.4, -0.2) is 19.2 Å². The van der Waals surface area contributed by atoms with E-state index in [1.54, 1.807) is 16.7 Å². The van der Waals surface area contributed by atoms with Crippen molar-refractivity contribution in [2.75, 3.05) is 0 Å². The van der Waals surface area contributed by atoms with Gasteiger partial charge in [0.1, 0.15) is 5.82 Å². The molecule has 0 unspecified atom stereocenters. The molecule has 0 aliphatic heterocycles. The number of aryl methyl sites for hydroxylation is 2. The summed E-state index contributed by atoms with van der Waals surface area (Å²) in [4.78, 5) is 13.0. The fourth-order valence-corrected chi connectivity index (χ4v) is 4.51. The first-order valence-corrected chi connectivity index (χ1v) is 10.3. The molecule has 0 spiro atoms. The van der Waals surface area contributed by atoms with Gasteiger partial charge in [0.25, 0.3) is 5.56 Å². The molecule has 28 heavy (non-hydrogen) atoms. The standard InChI is InChI=1S/C20H18ClFN4OS/c1-3-9-25-18(27)13-10-12(2)7-8-17(13)26-19(25)23-24-20(26)28-11-14-15(21)5-4-6-16(14)22/h4-8,10H,3,9,11H2,1-2H3. The summed E-state index contributed by atoms with van der Waals surface area (Å²) < 4.78 is 17.6. The van der Waals surface area contributed by atoms with Crippen LogP contribution in [0.3, 0.4) is 0 Å². The molecule has 144 valence electrons. The average Bonchev–Trinajstić information content (AvgIpc) is 3.08. The molecule has 4 aromatic rings. The van der Waals surface area contributed by atoms with Crippen LogP contribution in [0.2, 0.25) is 5.02 Å². The summed E-state index contributed by atoms with van der Waals surface area (Å²) in [7, 11) is 0. The Morgan fingerprint density at radius 3 is 2.79 bits per heavy atom. The molecule has 0 atom stereocenters. The van der Waals surface area contributed by atoms with Gasteiger partial charge in [-0.15, -0.1) is 10.2 Å². The minimum absolute atomic E-state index is 0.0749.